The zero-order chi connectivity index (χ0) is 21.8. The van der Waals surface area contributed by atoms with Crippen molar-refractivity contribution >= 4 is 29.1 Å². The lowest BCUT2D eigenvalue weighted by Gasteiger charge is -2.29. The van der Waals surface area contributed by atoms with Gasteiger partial charge in [-0.15, -0.1) is 0 Å². The van der Waals surface area contributed by atoms with Crippen LogP contribution in [0.15, 0.2) is 24.4 Å². The Morgan fingerprint density at radius 2 is 1.97 bits per heavy atom. The van der Waals surface area contributed by atoms with Gasteiger partial charge in [0.25, 0.3) is 11.8 Å². The number of nitrogens with zero attached hydrogens (tertiary/aromatic N) is 3. The first kappa shape index (κ1) is 21.4. The van der Waals surface area contributed by atoms with Crippen molar-refractivity contribution in [3.63, 3.8) is 0 Å². The van der Waals surface area contributed by atoms with Crippen LogP contribution >= 0.6 is 0 Å². The molecule has 2 aromatic rings. The van der Waals surface area contributed by atoms with E-state index < -0.39 is 17.6 Å². The van der Waals surface area contributed by atoms with Gasteiger partial charge in [0.15, 0.2) is 11.5 Å². The maximum absolute atomic E-state index is 14.1. The lowest BCUT2D eigenvalue weighted by Crippen LogP contribution is -2.42. The van der Waals surface area contributed by atoms with Gasteiger partial charge < -0.3 is 27.0 Å². The summed E-state index contributed by atoms with van der Waals surface area (Å²) in [4.78, 5) is 33.8. The van der Waals surface area contributed by atoms with E-state index in [0.717, 1.165) is 25.7 Å². The molecule has 0 spiro atoms. The lowest BCUT2D eigenvalue weighted by atomic mass is 9.91. The second-order valence-corrected chi connectivity index (χ2v) is 7.54. The van der Waals surface area contributed by atoms with E-state index in [4.69, 9.17) is 11.5 Å². The summed E-state index contributed by atoms with van der Waals surface area (Å²) in [5, 5.41) is 6.19. The molecule has 2 atom stereocenters. The maximum Gasteiger partial charge on any atom is 0.271 e. The summed E-state index contributed by atoms with van der Waals surface area (Å²) in [6.45, 7) is 0. The van der Waals surface area contributed by atoms with Gasteiger partial charge in [0.05, 0.1) is 11.8 Å². The van der Waals surface area contributed by atoms with E-state index in [0.29, 0.717) is 11.5 Å². The highest BCUT2D eigenvalue weighted by Crippen LogP contribution is 2.24. The van der Waals surface area contributed by atoms with Gasteiger partial charge in [0.2, 0.25) is 0 Å². The molecule has 160 valence electrons. The fraction of sp³-hybridized carbons (Fsp3) is 0.400. The van der Waals surface area contributed by atoms with Gasteiger partial charge in [0, 0.05) is 31.9 Å². The monoisotopic (exact) mass is 415 g/mol. The number of hydrogen-bond acceptors (Lipinski definition) is 7. The van der Waals surface area contributed by atoms with Crippen molar-refractivity contribution in [3.8, 4) is 0 Å². The molecule has 1 aromatic heterocycles. The summed E-state index contributed by atoms with van der Waals surface area (Å²) in [6.07, 6.45) is 5.43. The number of carbonyl (C=O) groups excluding carboxylic acids is 2. The first-order chi connectivity index (χ1) is 14.3. The molecular weight excluding hydrogens is 389 g/mol. The number of hydrogen-bond donors (Lipinski definition) is 4. The minimum absolute atomic E-state index is 0.00415. The van der Waals surface area contributed by atoms with Crippen LogP contribution in [0.3, 0.4) is 0 Å². The average molecular weight is 415 g/mol. The molecule has 1 aliphatic rings. The minimum Gasteiger partial charge on any atom is -0.364 e. The Labute approximate surface area is 174 Å². The quantitative estimate of drug-likeness (QED) is 0.564. The number of halogens is 1. The molecule has 6 N–H and O–H groups in total. The number of aromatic nitrogens is 2. The summed E-state index contributed by atoms with van der Waals surface area (Å²) in [5.74, 6) is -1.36. The first-order valence-electron chi connectivity index (χ1n) is 9.73. The smallest absolute Gasteiger partial charge is 0.271 e. The third kappa shape index (κ3) is 4.82. The molecule has 1 fully saturated rings. The predicted octanol–water partition coefficient (Wildman–Crippen LogP) is 1.84. The summed E-state index contributed by atoms with van der Waals surface area (Å²) in [7, 11) is 3.06. The first-order valence-corrected chi connectivity index (χ1v) is 9.73. The lowest BCUT2D eigenvalue weighted by molar-refractivity contribution is 0.0822. The SMILES string of the molecule is CN(C)C(=O)c1cc(Nc2nc(N[C@@H]3CCCC[C@@H]3N)cnc2C(N)=O)ccc1F. The zero-order valence-corrected chi connectivity index (χ0v) is 17.0. The number of nitrogens with two attached hydrogens (primary N) is 2. The molecule has 2 amide bonds. The van der Waals surface area contributed by atoms with Crippen molar-refractivity contribution in [1.29, 1.82) is 0 Å². The van der Waals surface area contributed by atoms with Crippen LogP contribution in [0, 0.1) is 5.82 Å². The van der Waals surface area contributed by atoms with Crippen LogP contribution < -0.4 is 22.1 Å². The van der Waals surface area contributed by atoms with E-state index in [1.54, 1.807) is 0 Å². The number of benzene rings is 1. The fourth-order valence-corrected chi connectivity index (χ4v) is 3.40. The molecule has 9 nitrogen and oxygen atoms in total. The molecule has 3 rings (SSSR count). The highest BCUT2D eigenvalue weighted by Gasteiger charge is 2.23. The number of anilines is 3. The topological polar surface area (TPSA) is 139 Å². The predicted molar refractivity (Wildman–Crippen MR) is 112 cm³/mol. The van der Waals surface area contributed by atoms with Gasteiger partial charge in [0.1, 0.15) is 11.6 Å². The van der Waals surface area contributed by atoms with Crippen molar-refractivity contribution < 1.29 is 14.0 Å². The molecule has 30 heavy (non-hydrogen) atoms. The Hall–Kier alpha value is -3.27. The molecule has 1 saturated carbocycles. The number of rotatable bonds is 6. The molecule has 0 radical (unpaired) electrons. The largest absolute Gasteiger partial charge is 0.364 e. The van der Waals surface area contributed by atoms with Crippen LogP contribution in [0.5, 0.6) is 0 Å². The summed E-state index contributed by atoms with van der Waals surface area (Å²) in [6, 6.07) is 4.01. The van der Waals surface area contributed by atoms with Gasteiger partial charge in [-0.05, 0) is 31.0 Å². The van der Waals surface area contributed by atoms with Crippen molar-refractivity contribution in [2.24, 2.45) is 11.5 Å². The molecule has 0 aliphatic heterocycles. The number of amides is 2. The van der Waals surface area contributed by atoms with Crippen LogP contribution in [0.4, 0.5) is 21.7 Å². The molecule has 1 aromatic carbocycles. The Balaban J connectivity index is 1.89. The molecule has 0 saturated heterocycles. The molecular formula is C20H26FN7O2. The van der Waals surface area contributed by atoms with Gasteiger partial charge in [-0.2, -0.15) is 0 Å². The van der Waals surface area contributed by atoms with Crippen LogP contribution in [-0.4, -0.2) is 52.9 Å². The third-order valence-electron chi connectivity index (χ3n) is 5.02. The van der Waals surface area contributed by atoms with E-state index in [2.05, 4.69) is 20.6 Å². The van der Waals surface area contributed by atoms with Gasteiger partial charge in [-0.3, -0.25) is 9.59 Å². The second-order valence-electron chi connectivity index (χ2n) is 7.54. The van der Waals surface area contributed by atoms with Gasteiger partial charge in [-0.25, -0.2) is 14.4 Å². The Morgan fingerprint density at radius 3 is 2.63 bits per heavy atom. The molecule has 1 aliphatic carbocycles. The molecule has 10 heteroatoms. The number of carbonyl (C=O) groups is 2. The van der Waals surface area contributed by atoms with E-state index in [-0.39, 0.29) is 29.2 Å². The second kappa shape index (κ2) is 9.04. The van der Waals surface area contributed by atoms with E-state index in [1.807, 2.05) is 0 Å². The normalized spacial score (nSPS) is 18.5. The van der Waals surface area contributed by atoms with Crippen LogP contribution in [0.1, 0.15) is 46.5 Å². The minimum atomic E-state index is -0.766. The zero-order valence-electron chi connectivity index (χ0n) is 17.0. The highest BCUT2D eigenvalue weighted by atomic mass is 19.1. The van der Waals surface area contributed by atoms with E-state index in [1.165, 1.54) is 43.4 Å². The fourth-order valence-electron chi connectivity index (χ4n) is 3.40. The van der Waals surface area contributed by atoms with Gasteiger partial charge >= 0.3 is 0 Å². The Morgan fingerprint density at radius 1 is 1.23 bits per heavy atom. The Kier molecular flexibility index (Phi) is 6.46. The highest BCUT2D eigenvalue weighted by molar-refractivity contribution is 5.97. The summed E-state index contributed by atoms with van der Waals surface area (Å²) < 4.78 is 14.1. The van der Waals surface area contributed by atoms with Crippen molar-refractivity contribution in [1.82, 2.24) is 14.9 Å². The van der Waals surface area contributed by atoms with Crippen LogP contribution in [-0.2, 0) is 0 Å². The molecule has 1 heterocycles. The van der Waals surface area contributed by atoms with Crippen molar-refractivity contribution in [2.45, 2.75) is 37.8 Å². The van der Waals surface area contributed by atoms with Crippen LogP contribution in [0.25, 0.3) is 0 Å². The Bertz CT molecular complexity index is 951. The van der Waals surface area contributed by atoms with E-state index in [9.17, 15) is 14.0 Å². The maximum atomic E-state index is 14.1. The molecule has 0 unspecified atom stereocenters. The summed E-state index contributed by atoms with van der Waals surface area (Å²) in [5.41, 5.74) is 11.8. The van der Waals surface area contributed by atoms with Crippen molar-refractivity contribution in [2.75, 3.05) is 24.7 Å². The van der Waals surface area contributed by atoms with E-state index >= 15 is 0 Å². The third-order valence-corrected chi connectivity index (χ3v) is 5.02. The van der Waals surface area contributed by atoms with Gasteiger partial charge in [-0.1, -0.05) is 12.8 Å². The average Bonchev–Trinajstić information content (AvgIpc) is 2.70. The number of nitrogens with one attached hydrogen (secondary N) is 2. The van der Waals surface area contributed by atoms with Crippen LogP contribution in [0.2, 0.25) is 0 Å². The summed E-state index contributed by atoms with van der Waals surface area (Å²) >= 11 is 0. The molecule has 0 bridgehead atoms. The van der Waals surface area contributed by atoms with Crippen molar-refractivity contribution in [3.05, 3.63) is 41.5 Å². The standard InChI is InChI=1S/C20H26FN7O2/c1-28(2)20(30)12-9-11(7-8-13(12)21)25-19-17(18(23)29)24-10-16(27-19)26-15-6-4-3-5-14(15)22/h7-10,14-15H,3-6,22H2,1-2H3,(H2,23,29)(H2,25,26,27)/t14-,15+/m0/s1. The number of primary amides is 1.